The lowest BCUT2D eigenvalue weighted by Crippen LogP contribution is -2.21. The summed E-state index contributed by atoms with van der Waals surface area (Å²) in [7, 11) is -3.91. The number of halogens is 1. The van der Waals surface area contributed by atoms with E-state index in [1.165, 1.54) is 30.3 Å². The second-order valence-corrected chi connectivity index (χ2v) is 9.88. The molecule has 0 aromatic heterocycles. The van der Waals surface area contributed by atoms with Crippen LogP contribution < -0.4 is 5.32 Å². The van der Waals surface area contributed by atoms with Gasteiger partial charge in [-0.3, -0.25) is 9.59 Å². The Morgan fingerprint density at radius 2 is 1.45 bits per heavy atom. The third-order valence-electron chi connectivity index (χ3n) is 5.32. The molecule has 0 atom stereocenters. The number of carbonyl (C=O) groups is 2. The fourth-order valence-corrected chi connectivity index (χ4v) is 5.95. The summed E-state index contributed by atoms with van der Waals surface area (Å²) in [6.45, 7) is 0. The summed E-state index contributed by atoms with van der Waals surface area (Å²) in [5.41, 5.74) is 0.977. The number of hydrogen-bond acceptors (Lipinski definition) is 4. The Morgan fingerprint density at radius 3 is 2.26 bits per heavy atom. The van der Waals surface area contributed by atoms with Crippen molar-refractivity contribution in [2.75, 3.05) is 5.32 Å². The predicted octanol–water partition coefficient (Wildman–Crippen LogP) is 5.23. The van der Waals surface area contributed by atoms with Crippen LogP contribution in [-0.4, -0.2) is 20.1 Å². The lowest BCUT2D eigenvalue weighted by Gasteiger charge is -2.19. The van der Waals surface area contributed by atoms with Gasteiger partial charge in [0.05, 0.1) is 9.79 Å². The Hall–Kier alpha value is -3.29. The van der Waals surface area contributed by atoms with Gasteiger partial charge in [-0.15, -0.1) is 0 Å². The Kier molecular flexibility index (Phi) is 4.53. The van der Waals surface area contributed by atoms with E-state index in [2.05, 4.69) is 21.2 Å². The summed E-state index contributed by atoms with van der Waals surface area (Å²) in [4.78, 5) is 25.6. The van der Waals surface area contributed by atoms with Gasteiger partial charge in [-0.1, -0.05) is 52.3 Å². The summed E-state index contributed by atoms with van der Waals surface area (Å²) < 4.78 is 27.1. The SMILES string of the molecule is O=C(Nc1ccc(Br)c2ccccc12)c1ccc2c(c1)S(=O)(=O)c1ccccc1C2=O. The fraction of sp³-hybridized carbons (Fsp3) is 0. The van der Waals surface area contributed by atoms with E-state index in [-0.39, 0.29) is 32.3 Å². The van der Waals surface area contributed by atoms with Crippen LogP contribution in [0.2, 0.25) is 0 Å². The summed E-state index contributed by atoms with van der Waals surface area (Å²) in [6, 6.07) is 21.5. The van der Waals surface area contributed by atoms with E-state index in [9.17, 15) is 18.0 Å². The molecule has 7 heteroatoms. The van der Waals surface area contributed by atoms with E-state index in [0.29, 0.717) is 5.69 Å². The molecule has 0 saturated carbocycles. The lowest BCUT2D eigenvalue weighted by atomic mass is 10.0. The van der Waals surface area contributed by atoms with Crippen molar-refractivity contribution in [2.24, 2.45) is 0 Å². The molecule has 5 nitrogen and oxygen atoms in total. The van der Waals surface area contributed by atoms with Crippen molar-refractivity contribution in [1.82, 2.24) is 0 Å². The van der Waals surface area contributed by atoms with Crippen LogP contribution in [0.15, 0.2) is 93.1 Å². The van der Waals surface area contributed by atoms with E-state index in [4.69, 9.17) is 0 Å². The van der Waals surface area contributed by atoms with Gasteiger partial charge in [-0.05, 0) is 47.9 Å². The Morgan fingerprint density at radius 1 is 0.774 bits per heavy atom. The van der Waals surface area contributed by atoms with Crippen LogP contribution in [0.3, 0.4) is 0 Å². The zero-order valence-electron chi connectivity index (χ0n) is 15.9. The molecule has 0 spiro atoms. The number of anilines is 1. The van der Waals surface area contributed by atoms with Crippen LogP contribution >= 0.6 is 15.9 Å². The molecule has 31 heavy (non-hydrogen) atoms. The molecule has 5 rings (SSSR count). The van der Waals surface area contributed by atoms with E-state index in [1.807, 2.05) is 30.3 Å². The van der Waals surface area contributed by atoms with E-state index in [0.717, 1.165) is 15.2 Å². The van der Waals surface area contributed by atoms with Gasteiger partial charge in [0.25, 0.3) is 5.91 Å². The van der Waals surface area contributed by atoms with Gasteiger partial charge < -0.3 is 5.32 Å². The first-order valence-corrected chi connectivity index (χ1v) is 11.7. The zero-order chi connectivity index (χ0) is 21.8. The summed E-state index contributed by atoms with van der Waals surface area (Å²) in [5.74, 6) is -0.830. The second-order valence-electron chi connectivity index (χ2n) is 7.13. The van der Waals surface area contributed by atoms with Crippen LogP contribution in [0.1, 0.15) is 26.3 Å². The molecule has 0 bridgehead atoms. The van der Waals surface area contributed by atoms with Crippen LogP contribution in [-0.2, 0) is 9.84 Å². The molecule has 1 heterocycles. The highest BCUT2D eigenvalue weighted by Gasteiger charge is 2.35. The molecule has 1 N–H and O–H groups in total. The summed E-state index contributed by atoms with van der Waals surface area (Å²) in [5, 5.41) is 4.64. The standard InChI is InChI=1S/C24H14BrNO4S/c25-19-11-12-20(16-6-2-1-5-15(16)19)26-24(28)14-9-10-18-22(13-14)31(29,30)21-8-4-3-7-17(21)23(18)27/h1-13H,(H,26,28). The smallest absolute Gasteiger partial charge is 0.255 e. The van der Waals surface area contributed by atoms with Crippen molar-refractivity contribution in [2.45, 2.75) is 9.79 Å². The van der Waals surface area contributed by atoms with Gasteiger partial charge in [0, 0.05) is 32.2 Å². The first-order valence-electron chi connectivity index (χ1n) is 9.39. The van der Waals surface area contributed by atoms with E-state index in [1.54, 1.807) is 18.2 Å². The van der Waals surface area contributed by atoms with Crippen LogP contribution in [0.5, 0.6) is 0 Å². The van der Waals surface area contributed by atoms with Crippen molar-refractivity contribution in [3.05, 3.63) is 100 Å². The highest BCUT2D eigenvalue weighted by atomic mass is 79.9. The number of carbonyl (C=O) groups excluding carboxylic acids is 2. The molecule has 4 aromatic carbocycles. The molecule has 0 radical (unpaired) electrons. The quantitative estimate of drug-likeness (QED) is 0.366. The molecular weight excluding hydrogens is 478 g/mol. The van der Waals surface area contributed by atoms with Crippen molar-refractivity contribution < 1.29 is 18.0 Å². The molecule has 1 amide bonds. The molecule has 0 saturated heterocycles. The summed E-state index contributed by atoms with van der Waals surface area (Å²) in [6.07, 6.45) is 0. The number of hydrogen-bond donors (Lipinski definition) is 1. The largest absolute Gasteiger partial charge is 0.321 e. The Bertz CT molecular complexity index is 1530. The normalized spacial score (nSPS) is 14.0. The maximum atomic E-state index is 13.1. The van der Waals surface area contributed by atoms with Crippen LogP contribution in [0.4, 0.5) is 5.69 Å². The molecule has 0 unspecified atom stereocenters. The maximum absolute atomic E-state index is 13.1. The third-order valence-corrected chi connectivity index (χ3v) is 7.86. The van der Waals surface area contributed by atoms with Gasteiger partial charge in [0.2, 0.25) is 9.84 Å². The van der Waals surface area contributed by atoms with Crippen molar-refractivity contribution in [3.8, 4) is 0 Å². The number of benzene rings is 4. The van der Waals surface area contributed by atoms with Crippen LogP contribution in [0, 0.1) is 0 Å². The molecule has 152 valence electrons. The Labute approximate surface area is 186 Å². The molecular formula is C24H14BrNO4S. The third kappa shape index (κ3) is 3.08. The average molecular weight is 492 g/mol. The van der Waals surface area contributed by atoms with Gasteiger partial charge in [-0.25, -0.2) is 8.42 Å². The number of fused-ring (bicyclic) bond motifs is 3. The van der Waals surface area contributed by atoms with Crippen LogP contribution in [0.25, 0.3) is 10.8 Å². The van der Waals surface area contributed by atoms with Gasteiger partial charge in [0.15, 0.2) is 5.78 Å². The predicted molar refractivity (Wildman–Crippen MR) is 121 cm³/mol. The molecule has 1 aliphatic heterocycles. The number of amides is 1. The first-order chi connectivity index (χ1) is 14.9. The Balaban J connectivity index is 1.57. The topological polar surface area (TPSA) is 80.3 Å². The molecule has 1 aliphatic rings. The van der Waals surface area contributed by atoms with E-state index < -0.39 is 15.7 Å². The van der Waals surface area contributed by atoms with E-state index >= 15 is 0 Å². The number of sulfone groups is 1. The zero-order valence-corrected chi connectivity index (χ0v) is 18.3. The van der Waals surface area contributed by atoms with Crippen molar-refractivity contribution >= 4 is 53.9 Å². The number of rotatable bonds is 2. The molecule has 4 aromatic rings. The highest BCUT2D eigenvalue weighted by Crippen LogP contribution is 2.35. The minimum Gasteiger partial charge on any atom is -0.321 e. The van der Waals surface area contributed by atoms with Crippen molar-refractivity contribution in [1.29, 1.82) is 0 Å². The van der Waals surface area contributed by atoms with Gasteiger partial charge >= 0.3 is 0 Å². The first kappa shape index (κ1) is 19.7. The lowest BCUT2D eigenvalue weighted by molar-refractivity contribution is 0.101. The minimum absolute atomic E-state index is 0.0380. The number of ketones is 1. The fourth-order valence-electron chi connectivity index (χ4n) is 3.79. The maximum Gasteiger partial charge on any atom is 0.255 e. The average Bonchev–Trinajstić information content (AvgIpc) is 2.79. The monoisotopic (exact) mass is 491 g/mol. The minimum atomic E-state index is -3.91. The number of nitrogens with one attached hydrogen (secondary N) is 1. The second kappa shape index (κ2) is 7.14. The van der Waals surface area contributed by atoms with Crippen molar-refractivity contribution in [3.63, 3.8) is 0 Å². The molecule has 0 aliphatic carbocycles. The van der Waals surface area contributed by atoms with Gasteiger partial charge in [-0.2, -0.15) is 0 Å². The highest BCUT2D eigenvalue weighted by molar-refractivity contribution is 9.10. The van der Waals surface area contributed by atoms with Gasteiger partial charge in [0.1, 0.15) is 0 Å². The molecule has 0 fully saturated rings. The summed E-state index contributed by atoms with van der Waals surface area (Å²) >= 11 is 3.50.